The first-order valence-electron chi connectivity index (χ1n) is 8.51. The van der Waals surface area contributed by atoms with Crippen molar-refractivity contribution in [2.75, 3.05) is 11.9 Å². The largest absolute Gasteiger partial charge is 0.465 e. The van der Waals surface area contributed by atoms with Crippen molar-refractivity contribution in [2.24, 2.45) is 5.92 Å². The standard InChI is InChI=1S/C19H22N4O2/c1-3-8-15-17(18(24)25-4-2)16(23-19(22-15)20-13-21-23)12-11-14-9-6-5-7-10-14/h5-13,16-17H,3-4H2,1-2H3,(H,20,21,22)/b12-11+,15-8-/t16-,17+/m0/s1. The van der Waals surface area contributed by atoms with Crippen molar-refractivity contribution in [3.05, 3.63) is 60.1 Å². The summed E-state index contributed by atoms with van der Waals surface area (Å²) >= 11 is 0. The van der Waals surface area contributed by atoms with Crippen LogP contribution in [-0.4, -0.2) is 27.3 Å². The van der Waals surface area contributed by atoms with Crippen LogP contribution in [0, 0.1) is 5.92 Å². The van der Waals surface area contributed by atoms with Crippen molar-refractivity contribution in [3.63, 3.8) is 0 Å². The number of hydrogen-bond acceptors (Lipinski definition) is 5. The number of allylic oxidation sites excluding steroid dienone is 2. The second-order valence-corrected chi connectivity index (χ2v) is 5.71. The summed E-state index contributed by atoms with van der Waals surface area (Å²) in [4.78, 5) is 16.9. The monoisotopic (exact) mass is 338 g/mol. The molecule has 0 amide bonds. The van der Waals surface area contributed by atoms with E-state index in [1.54, 1.807) is 4.68 Å². The molecule has 0 saturated carbocycles. The van der Waals surface area contributed by atoms with Crippen LogP contribution in [0.4, 0.5) is 5.95 Å². The zero-order valence-corrected chi connectivity index (χ0v) is 14.4. The molecule has 1 N–H and O–H groups in total. The third-order valence-corrected chi connectivity index (χ3v) is 4.04. The van der Waals surface area contributed by atoms with E-state index in [0.29, 0.717) is 12.6 Å². The number of carbonyl (C=O) groups excluding carboxylic acids is 1. The molecule has 0 saturated heterocycles. The van der Waals surface area contributed by atoms with Crippen LogP contribution in [0.15, 0.2) is 54.5 Å². The highest BCUT2D eigenvalue weighted by molar-refractivity contribution is 5.79. The Balaban J connectivity index is 2.01. The fourth-order valence-corrected chi connectivity index (χ4v) is 2.95. The number of ether oxygens (including phenoxy) is 1. The molecule has 2 heterocycles. The van der Waals surface area contributed by atoms with Gasteiger partial charge in [-0.15, -0.1) is 0 Å². The van der Waals surface area contributed by atoms with Gasteiger partial charge in [-0.3, -0.25) is 4.79 Å². The lowest BCUT2D eigenvalue weighted by Gasteiger charge is -2.31. The van der Waals surface area contributed by atoms with Gasteiger partial charge in [0.25, 0.3) is 0 Å². The van der Waals surface area contributed by atoms with Crippen LogP contribution in [0.2, 0.25) is 0 Å². The van der Waals surface area contributed by atoms with Gasteiger partial charge in [-0.25, -0.2) is 4.68 Å². The summed E-state index contributed by atoms with van der Waals surface area (Å²) in [6.07, 6.45) is 8.28. The Labute approximate surface area is 147 Å². The Bertz CT molecular complexity index is 780. The second kappa shape index (κ2) is 7.79. The number of aromatic nitrogens is 3. The minimum Gasteiger partial charge on any atom is -0.465 e. The highest BCUT2D eigenvalue weighted by Crippen LogP contribution is 2.35. The predicted molar refractivity (Wildman–Crippen MR) is 96.7 cm³/mol. The van der Waals surface area contributed by atoms with E-state index in [1.807, 2.05) is 62.4 Å². The number of esters is 1. The summed E-state index contributed by atoms with van der Waals surface area (Å²) < 4.78 is 7.05. The van der Waals surface area contributed by atoms with Crippen molar-refractivity contribution in [1.82, 2.24) is 14.8 Å². The van der Waals surface area contributed by atoms with Crippen molar-refractivity contribution in [3.8, 4) is 0 Å². The molecule has 1 aliphatic rings. The molecule has 6 heteroatoms. The summed E-state index contributed by atoms with van der Waals surface area (Å²) in [6, 6.07) is 9.67. The van der Waals surface area contributed by atoms with Crippen molar-refractivity contribution >= 4 is 18.0 Å². The summed E-state index contributed by atoms with van der Waals surface area (Å²) in [5, 5.41) is 7.51. The van der Waals surface area contributed by atoms with E-state index in [2.05, 4.69) is 15.4 Å². The average Bonchev–Trinajstić information content (AvgIpc) is 3.09. The molecule has 1 aromatic carbocycles. The maximum absolute atomic E-state index is 12.6. The first-order valence-corrected chi connectivity index (χ1v) is 8.51. The first kappa shape index (κ1) is 17.0. The number of rotatable bonds is 5. The summed E-state index contributed by atoms with van der Waals surface area (Å²) in [5.41, 5.74) is 1.87. The Hall–Kier alpha value is -2.89. The average molecular weight is 338 g/mol. The van der Waals surface area contributed by atoms with Gasteiger partial charge in [-0.1, -0.05) is 55.5 Å². The molecular weight excluding hydrogens is 316 g/mol. The van der Waals surface area contributed by atoms with Gasteiger partial charge in [0.1, 0.15) is 12.2 Å². The summed E-state index contributed by atoms with van der Waals surface area (Å²) in [5.74, 6) is -0.115. The zero-order chi connectivity index (χ0) is 17.6. The van der Waals surface area contributed by atoms with Gasteiger partial charge in [-0.2, -0.15) is 10.1 Å². The van der Waals surface area contributed by atoms with E-state index in [4.69, 9.17) is 4.74 Å². The van der Waals surface area contributed by atoms with Gasteiger partial charge < -0.3 is 10.1 Å². The molecule has 0 bridgehead atoms. The number of carbonyl (C=O) groups is 1. The summed E-state index contributed by atoms with van der Waals surface area (Å²) in [6.45, 7) is 4.19. The van der Waals surface area contributed by atoms with Crippen LogP contribution < -0.4 is 5.32 Å². The molecule has 25 heavy (non-hydrogen) atoms. The highest BCUT2D eigenvalue weighted by Gasteiger charge is 2.38. The SMILES string of the molecule is CC/C=C1\Nc2ncnn2[C@@H](/C=C/c2ccccc2)[C@@H]1C(=O)OCC. The lowest BCUT2D eigenvalue weighted by Crippen LogP contribution is -2.36. The van der Waals surface area contributed by atoms with Crippen molar-refractivity contribution in [2.45, 2.75) is 26.3 Å². The molecule has 0 unspecified atom stereocenters. The quantitative estimate of drug-likeness (QED) is 0.846. The molecule has 0 radical (unpaired) electrons. The minimum absolute atomic E-state index is 0.265. The number of nitrogens with one attached hydrogen (secondary N) is 1. The highest BCUT2D eigenvalue weighted by atomic mass is 16.5. The molecule has 1 aliphatic heterocycles. The van der Waals surface area contributed by atoms with Crippen LogP contribution in [0.3, 0.4) is 0 Å². The first-order chi connectivity index (χ1) is 12.2. The second-order valence-electron chi connectivity index (χ2n) is 5.71. The van der Waals surface area contributed by atoms with Crippen LogP contribution in [0.25, 0.3) is 6.08 Å². The minimum atomic E-state index is -0.478. The number of hydrogen-bond donors (Lipinski definition) is 1. The number of benzene rings is 1. The smallest absolute Gasteiger partial charge is 0.317 e. The lowest BCUT2D eigenvalue weighted by molar-refractivity contribution is -0.147. The van der Waals surface area contributed by atoms with Crippen LogP contribution in [0.1, 0.15) is 31.9 Å². The molecule has 0 spiro atoms. The Kier molecular flexibility index (Phi) is 5.28. The molecule has 130 valence electrons. The molecular formula is C19H22N4O2. The van der Waals surface area contributed by atoms with Gasteiger partial charge in [0.2, 0.25) is 5.95 Å². The maximum atomic E-state index is 12.6. The van der Waals surface area contributed by atoms with E-state index in [1.165, 1.54) is 6.33 Å². The maximum Gasteiger partial charge on any atom is 0.317 e. The van der Waals surface area contributed by atoms with Gasteiger partial charge in [-0.05, 0) is 18.9 Å². The van der Waals surface area contributed by atoms with E-state index in [-0.39, 0.29) is 12.0 Å². The molecule has 1 aromatic heterocycles. The van der Waals surface area contributed by atoms with Crippen LogP contribution >= 0.6 is 0 Å². The third-order valence-electron chi connectivity index (χ3n) is 4.04. The number of fused-ring (bicyclic) bond motifs is 1. The Morgan fingerprint density at radius 3 is 2.84 bits per heavy atom. The molecule has 2 atom stereocenters. The number of nitrogens with zero attached hydrogens (tertiary/aromatic N) is 3. The fourth-order valence-electron chi connectivity index (χ4n) is 2.95. The van der Waals surface area contributed by atoms with Gasteiger partial charge >= 0.3 is 5.97 Å². The van der Waals surface area contributed by atoms with Gasteiger partial charge in [0.15, 0.2) is 0 Å². The van der Waals surface area contributed by atoms with Crippen molar-refractivity contribution < 1.29 is 9.53 Å². The molecule has 3 rings (SSSR count). The lowest BCUT2D eigenvalue weighted by atomic mass is 9.92. The molecule has 0 fully saturated rings. The Morgan fingerprint density at radius 2 is 2.12 bits per heavy atom. The Morgan fingerprint density at radius 1 is 1.32 bits per heavy atom. The van der Waals surface area contributed by atoms with Gasteiger partial charge in [0.05, 0.1) is 12.6 Å². The van der Waals surface area contributed by atoms with E-state index >= 15 is 0 Å². The normalized spacial score (nSPS) is 21.1. The third kappa shape index (κ3) is 3.63. The van der Waals surface area contributed by atoms with E-state index in [0.717, 1.165) is 17.7 Å². The van der Waals surface area contributed by atoms with Crippen LogP contribution in [0.5, 0.6) is 0 Å². The summed E-state index contributed by atoms with van der Waals surface area (Å²) in [7, 11) is 0. The molecule has 6 nitrogen and oxygen atoms in total. The van der Waals surface area contributed by atoms with E-state index < -0.39 is 5.92 Å². The van der Waals surface area contributed by atoms with E-state index in [9.17, 15) is 4.79 Å². The topological polar surface area (TPSA) is 69.0 Å². The molecule has 2 aromatic rings. The van der Waals surface area contributed by atoms with Gasteiger partial charge in [0, 0.05) is 5.70 Å². The van der Waals surface area contributed by atoms with Crippen molar-refractivity contribution in [1.29, 1.82) is 0 Å². The zero-order valence-electron chi connectivity index (χ0n) is 14.4. The number of anilines is 1. The predicted octanol–water partition coefficient (Wildman–Crippen LogP) is 3.43. The molecule has 0 aliphatic carbocycles. The fraction of sp³-hybridized carbons (Fsp3) is 0.316. The van der Waals surface area contributed by atoms with Crippen LogP contribution in [-0.2, 0) is 9.53 Å².